The smallest absolute Gasteiger partial charge is 0.101 e. The van der Waals surface area contributed by atoms with Crippen LogP contribution < -0.4 is 0 Å². The van der Waals surface area contributed by atoms with Gasteiger partial charge in [0.15, 0.2) is 0 Å². The quantitative estimate of drug-likeness (QED) is 0.547. The summed E-state index contributed by atoms with van der Waals surface area (Å²) in [4.78, 5) is 0. The van der Waals surface area contributed by atoms with Crippen molar-refractivity contribution in [1.29, 1.82) is 0 Å². The Hall–Kier alpha value is -0.570. The van der Waals surface area contributed by atoms with Crippen LogP contribution in [0.15, 0.2) is 0 Å². The van der Waals surface area contributed by atoms with Gasteiger partial charge in [-0.25, -0.2) is 4.68 Å². The summed E-state index contributed by atoms with van der Waals surface area (Å²) in [6.07, 6.45) is 9.00. The molecule has 1 aromatic heterocycles. The monoisotopic (exact) mass is 255 g/mol. The minimum Gasteiger partial charge on any atom is -0.249 e. The van der Waals surface area contributed by atoms with Gasteiger partial charge < -0.3 is 0 Å². The molecule has 0 unspecified atom stereocenters. The Labute approximate surface area is 109 Å². The number of rotatable bonds is 7. The highest BCUT2D eigenvalue weighted by molar-refractivity contribution is 6.16. The second-order valence-electron chi connectivity index (χ2n) is 4.97. The summed E-state index contributed by atoms with van der Waals surface area (Å²) in [6, 6.07) is 0. The fraction of sp³-hybridized carbons (Fsp3) is 0.846. The van der Waals surface area contributed by atoms with Gasteiger partial charge in [-0.05, 0) is 19.3 Å². The molecule has 1 aliphatic carbocycles. The third-order valence-electron chi connectivity index (χ3n) is 3.69. The Morgan fingerprint density at radius 3 is 2.71 bits per heavy atom. The van der Waals surface area contributed by atoms with Gasteiger partial charge in [-0.3, -0.25) is 0 Å². The van der Waals surface area contributed by atoms with Gasteiger partial charge in [-0.2, -0.15) is 0 Å². The van der Waals surface area contributed by atoms with Crippen molar-refractivity contribution in [3.8, 4) is 0 Å². The van der Waals surface area contributed by atoms with Gasteiger partial charge in [0.05, 0.1) is 11.6 Å². The molecule has 1 heterocycles. The van der Waals surface area contributed by atoms with Crippen LogP contribution >= 0.6 is 11.6 Å². The second-order valence-corrected chi connectivity index (χ2v) is 5.23. The molecule has 0 aliphatic heterocycles. The maximum Gasteiger partial charge on any atom is 0.101 e. The molecule has 17 heavy (non-hydrogen) atoms. The van der Waals surface area contributed by atoms with E-state index >= 15 is 0 Å². The first-order chi connectivity index (χ1) is 8.36. The molecule has 1 saturated carbocycles. The lowest BCUT2D eigenvalue weighted by Crippen LogP contribution is -2.16. The normalized spacial score (nSPS) is 16.1. The summed E-state index contributed by atoms with van der Waals surface area (Å²) >= 11 is 5.94. The third-order valence-corrected chi connectivity index (χ3v) is 3.94. The zero-order valence-corrected chi connectivity index (χ0v) is 11.4. The second kappa shape index (κ2) is 6.39. The lowest BCUT2D eigenvalue weighted by Gasteiger charge is -2.26. The molecule has 1 fully saturated rings. The van der Waals surface area contributed by atoms with E-state index in [9.17, 15) is 0 Å². The number of aromatic nitrogens is 3. The fourth-order valence-corrected chi connectivity index (χ4v) is 2.62. The van der Waals surface area contributed by atoms with Gasteiger partial charge in [0.1, 0.15) is 5.69 Å². The van der Waals surface area contributed by atoms with Crippen molar-refractivity contribution in [3.05, 3.63) is 11.4 Å². The number of aryl methyl sites for hydroxylation is 1. The van der Waals surface area contributed by atoms with Crippen molar-refractivity contribution in [3.63, 3.8) is 0 Å². The van der Waals surface area contributed by atoms with Gasteiger partial charge in [0.2, 0.25) is 0 Å². The number of hydrogen-bond donors (Lipinski definition) is 0. The molecular formula is C13H22ClN3. The van der Waals surface area contributed by atoms with Gasteiger partial charge in [-0.1, -0.05) is 37.8 Å². The average Bonchev–Trinajstić information content (AvgIpc) is 2.66. The van der Waals surface area contributed by atoms with Crippen LogP contribution in [-0.2, 0) is 12.4 Å². The summed E-state index contributed by atoms with van der Waals surface area (Å²) in [6.45, 7) is 3.25. The molecule has 0 bridgehead atoms. The predicted octanol–water partition coefficient (Wildman–Crippen LogP) is 3.86. The summed E-state index contributed by atoms with van der Waals surface area (Å²) in [5.74, 6) is 1.17. The van der Waals surface area contributed by atoms with Gasteiger partial charge >= 0.3 is 0 Å². The zero-order chi connectivity index (χ0) is 12.1. The molecule has 0 saturated heterocycles. The third kappa shape index (κ3) is 3.01. The van der Waals surface area contributed by atoms with Crippen molar-refractivity contribution in [2.24, 2.45) is 0 Å². The molecule has 0 N–H and O–H groups in total. The molecule has 2 rings (SSSR count). The Bertz CT molecular complexity index is 344. The lowest BCUT2D eigenvalue weighted by molar-refractivity contribution is 0.381. The zero-order valence-electron chi connectivity index (χ0n) is 10.7. The Kier molecular flexibility index (Phi) is 4.84. The van der Waals surface area contributed by atoms with Crippen molar-refractivity contribution in [2.45, 2.75) is 70.2 Å². The van der Waals surface area contributed by atoms with E-state index in [1.807, 2.05) is 0 Å². The van der Waals surface area contributed by atoms with Crippen molar-refractivity contribution in [2.75, 3.05) is 0 Å². The molecule has 0 spiro atoms. The van der Waals surface area contributed by atoms with Crippen molar-refractivity contribution < 1.29 is 0 Å². The molecule has 0 aromatic carbocycles. The number of unbranched alkanes of at least 4 members (excludes halogenated alkanes) is 3. The lowest BCUT2D eigenvalue weighted by atomic mass is 9.82. The highest BCUT2D eigenvalue weighted by Gasteiger charge is 2.26. The first-order valence-corrected chi connectivity index (χ1v) is 7.38. The Morgan fingerprint density at radius 1 is 1.29 bits per heavy atom. The number of nitrogens with zero attached hydrogens (tertiary/aromatic N) is 3. The highest BCUT2D eigenvalue weighted by Crippen LogP contribution is 2.37. The minimum absolute atomic E-state index is 0.501. The summed E-state index contributed by atoms with van der Waals surface area (Å²) in [5, 5.41) is 8.49. The van der Waals surface area contributed by atoms with Crippen LogP contribution in [0.4, 0.5) is 0 Å². The molecule has 0 amide bonds. The van der Waals surface area contributed by atoms with Crippen molar-refractivity contribution >= 4 is 11.6 Å². The van der Waals surface area contributed by atoms with E-state index in [1.165, 1.54) is 50.6 Å². The van der Waals surface area contributed by atoms with Crippen LogP contribution in [0.2, 0.25) is 0 Å². The number of halogens is 1. The van der Waals surface area contributed by atoms with E-state index in [0.29, 0.717) is 11.8 Å². The molecular weight excluding hydrogens is 234 g/mol. The van der Waals surface area contributed by atoms with Crippen LogP contribution in [0.5, 0.6) is 0 Å². The molecule has 96 valence electrons. The summed E-state index contributed by atoms with van der Waals surface area (Å²) in [5.41, 5.74) is 2.33. The standard InChI is InChI=1S/C13H22ClN3/c1-2-3-4-5-9-17-13(11-7-6-8-11)12(10-14)15-16-17/h11H,2-10H2,1H3. The van der Waals surface area contributed by atoms with Gasteiger partial charge in [0, 0.05) is 12.5 Å². The van der Waals surface area contributed by atoms with E-state index in [2.05, 4.69) is 21.9 Å². The van der Waals surface area contributed by atoms with E-state index in [-0.39, 0.29) is 0 Å². The average molecular weight is 256 g/mol. The molecule has 0 radical (unpaired) electrons. The van der Waals surface area contributed by atoms with Crippen LogP contribution in [0, 0.1) is 0 Å². The van der Waals surface area contributed by atoms with Gasteiger partial charge in [-0.15, -0.1) is 16.7 Å². The topological polar surface area (TPSA) is 30.7 Å². The van der Waals surface area contributed by atoms with E-state index in [1.54, 1.807) is 0 Å². The first kappa shape index (κ1) is 12.9. The van der Waals surface area contributed by atoms with Gasteiger partial charge in [0.25, 0.3) is 0 Å². The van der Waals surface area contributed by atoms with E-state index < -0.39 is 0 Å². The number of alkyl halides is 1. The van der Waals surface area contributed by atoms with Crippen LogP contribution in [0.3, 0.4) is 0 Å². The summed E-state index contributed by atoms with van der Waals surface area (Å²) < 4.78 is 2.11. The SMILES string of the molecule is CCCCCCn1nnc(CCl)c1C1CCC1. The van der Waals surface area contributed by atoms with E-state index in [4.69, 9.17) is 11.6 Å². The molecule has 1 aliphatic rings. The Balaban J connectivity index is 1.97. The predicted molar refractivity (Wildman–Crippen MR) is 70.3 cm³/mol. The largest absolute Gasteiger partial charge is 0.249 e. The molecule has 0 atom stereocenters. The first-order valence-electron chi connectivity index (χ1n) is 6.85. The maximum absolute atomic E-state index is 5.94. The minimum atomic E-state index is 0.501. The van der Waals surface area contributed by atoms with Crippen LogP contribution in [0.25, 0.3) is 0 Å². The maximum atomic E-state index is 5.94. The van der Waals surface area contributed by atoms with Crippen LogP contribution in [0.1, 0.15) is 69.2 Å². The highest BCUT2D eigenvalue weighted by atomic mass is 35.5. The molecule has 1 aromatic rings. The molecule has 3 nitrogen and oxygen atoms in total. The Morgan fingerprint density at radius 2 is 2.12 bits per heavy atom. The van der Waals surface area contributed by atoms with Crippen LogP contribution in [-0.4, -0.2) is 15.0 Å². The fourth-order valence-electron chi connectivity index (χ4n) is 2.43. The number of hydrogen-bond acceptors (Lipinski definition) is 2. The van der Waals surface area contributed by atoms with Crippen molar-refractivity contribution in [1.82, 2.24) is 15.0 Å². The molecule has 4 heteroatoms. The van der Waals surface area contributed by atoms with E-state index in [0.717, 1.165) is 12.2 Å². The summed E-state index contributed by atoms with van der Waals surface area (Å²) in [7, 11) is 0.